The fourth-order valence-corrected chi connectivity index (χ4v) is 14.0. The maximum absolute atomic E-state index is 5.46. The van der Waals surface area contributed by atoms with Crippen LogP contribution >= 0.6 is 0 Å². The van der Waals surface area contributed by atoms with E-state index in [1.807, 2.05) is 12.1 Å². The maximum atomic E-state index is 5.46. The van der Waals surface area contributed by atoms with Crippen molar-refractivity contribution in [1.82, 2.24) is 19.5 Å². The molecule has 4 nitrogen and oxygen atoms in total. The number of hydrogen-bond donors (Lipinski definition) is 0. The van der Waals surface area contributed by atoms with Crippen LogP contribution in [0.4, 0.5) is 0 Å². The predicted octanol–water partition coefficient (Wildman–Crippen LogP) is 17.8. The number of aryl methyl sites for hydroxylation is 1. The summed E-state index contributed by atoms with van der Waals surface area (Å²) in [6.45, 7) is 0. The van der Waals surface area contributed by atoms with Crippen LogP contribution in [-0.2, 0) is 18.3 Å². The first-order valence-electron chi connectivity index (χ1n) is 27.8. The zero-order chi connectivity index (χ0) is 52.0. The Morgan fingerprint density at radius 1 is 0.392 bits per heavy atom. The normalized spacial score (nSPS) is 16.6. The molecule has 3 aliphatic carbocycles. The lowest BCUT2D eigenvalue weighted by atomic mass is 9.66. The van der Waals surface area contributed by atoms with E-state index in [-0.39, 0.29) is 11.8 Å². The Morgan fingerprint density at radius 3 is 1.75 bits per heavy atom. The highest BCUT2D eigenvalue weighted by molar-refractivity contribution is 6.10. The maximum Gasteiger partial charge on any atom is 0.163 e. The van der Waals surface area contributed by atoms with Gasteiger partial charge in [0.05, 0.1) is 16.4 Å². The Hall–Kier alpha value is -9.77. The molecule has 3 aliphatic rings. The van der Waals surface area contributed by atoms with Gasteiger partial charge in [-0.15, -0.1) is 0 Å². The molecule has 0 aliphatic heterocycles. The van der Waals surface area contributed by atoms with Crippen LogP contribution in [0.5, 0.6) is 0 Å². The van der Waals surface area contributed by atoms with Gasteiger partial charge >= 0.3 is 0 Å². The molecule has 11 aromatic carbocycles. The van der Waals surface area contributed by atoms with E-state index >= 15 is 0 Å². The molecule has 13 aromatic rings. The third-order valence-electron chi connectivity index (χ3n) is 17.5. The minimum Gasteiger partial charge on any atom is -0.309 e. The van der Waals surface area contributed by atoms with Crippen molar-refractivity contribution in [2.45, 2.75) is 36.5 Å². The SMILES string of the molecule is c1ccc(CC2c3ccccc3-c3cc(C4(c5ccc6c(c5)c5ccccc5n6-c5ccccc5)c5ccccc5-c5cc6c(cc54)-c4ccccc4CCC6c4nc(-c5ccccc5)nc(-c5ccccc5)n4)ccc32)cc1. The van der Waals surface area contributed by atoms with Crippen LogP contribution in [0.3, 0.4) is 0 Å². The van der Waals surface area contributed by atoms with Gasteiger partial charge in [0, 0.05) is 39.4 Å². The summed E-state index contributed by atoms with van der Waals surface area (Å²) in [5.74, 6) is 2.28. The largest absolute Gasteiger partial charge is 0.309 e. The summed E-state index contributed by atoms with van der Waals surface area (Å²) < 4.78 is 2.43. The van der Waals surface area contributed by atoms with E-state index in [1.165, 1.54) is 105 Å². The van der Waals surface area contributed by atoms with E-state index in [0.717, 1.165) is 41.9 Å². The molecule has 0 saturated heterocycles. The summed E-state index contributed by atoms with van der Waals surface area (Å²) in [5.41, 5.74) is 24.2. The first kappa shape index (κ1) is 45.4. The van der Waals surface area contributed by atoms with Gasteiger partial charge in [0.1, 0.15) is 5.82 Å². The van der Waals surface area contributed by atoms with E-state index in [9.17, 15) is 0 Å². The Labute approximate surface area is 460 Å². The third-order valence-corrected chi connectivity index (χ3v) is 17.5. The molecule has 0 fully saturated rings. The lowest BCUT2D eigenvalue weighted by Crippen LogP contribution is -2.29. The monoisotopic (exact) mass is 1010 g/mol. The second kappa shape index (κ2) is 18.2. The van der Waals surface area contributed by atoms with Gasteiger partial charge in [-0.25, -0.2) is 15.0 Å². The van der Waals surface area contributed by atoms with Crippen LogP contribution in [0.15, 0.2) is 267 Å². The standard InChI is InChI=1S/C75H52N4/c1-5-21-48(22-6-1)43-62-56-31-15-16-32-57(56)63-44-52(38-41-58(62)63)75(53-39-42-71-67(45-53)60-34-18-20-36-70(60)79(71)54-28-11-4-12-29-54)68-35-19-17-33-59(68)66-46-64-61(40-37-49-23-13-14-30-55(49)65(64)47-69(66)75)74-77-72(50-24-7-2-8-25-50)76-73(78-74)51-26-9-3-10-27-51/h1-36,38-39,41-42,44-47,61-62H,37,40,43H2. The quantitative estimate of drug-likeness (QED) is 0.152. The second-order valence-electron chi connectivity index (χ2n) is 21.7. The fraction of sp³-hybridized carbons (Fsp3) is 0.0800. The van der Waals surface area contributed by atoms with Crippen LogP contribution in [0.1, 0.15) is 74.2 Å². The zero-order valence-electron chi connectivity index (χ0n) is 43.5. The first-order chi connectivity index (χ1) is 39.2. The summed E-state index contributed by atoms with van der Waals surface area (Å²) in [6.07, 6.45) is 2.67. The molecule has 3 unspecified atom stereocenters. The minimum absolute atomic E-state index is 0.124. The summed E-state index contributed by atoms with van der Waals surface area (Å²) >= 11 is 0. The van der Waals surface area contributed by atoms with Gasteiger partial charge in [-0.05, 0) is 151 Å². The zero-order valence-corrected chi connectivity index (χ0v) is 43.5. The number of fused-ring (bicyclic) bond motifs is 12. The van der Waals surface area contributed by atoms with Gasteiger partial charge in [-0.2, -0.15) is 0 Å². The number of para-hydroxylation sites is 2. The van der Waals surface area contributed by atoms with Gasteiger partial charge in [-0.1, -0.05) is 218 Å². The van der Waals surface area contributed by atoms with Crippen molar-refractivity contribution in [2.24, 2.45) is 0 Å². The molecule has 372 valence electrons. The Morgan fingerprint density at radius 2 is 0.975 bits per heavy atom. The molecule has 16 rings (SSSR count). The lowest BCUT2D eigenvalue weighted by molar-refractivity contribution is 0.676. The number of aromatic nitrogens is 4. The van der Waals surface area contributed by atoms with Crippen LogP contribution in [0, 0.1) is 0 Å². The van der Waals surface area contributed by atoms with Gasteiger partial charge in [0.15, 0.2) is 11.6 Å². The molecule has 2 aromatic heterocycles. The molecule has 2 heterocycles. The molecule has 0 bridgehead atoms. The summed E-state index contributed by atoms with van der Waals surface area (Å²) in [5, 5.41) is 2.47. The average molecular weight is 1010 g/mol. The number of rotatable bonds is 8. The molecule has 79 heavy (non-hydrogen) atoms. The molecule has 0 amide bonds. The Kier molecular flexibility index (Phi) is 10.5. The van der Waals surface area contributed by atoms with E-state index in [2.05, 4.69) is 259 Å². The van der Waals surface area contributed by atoms with E-state index in [0.29, 0.717) is 11.6 Å². The van der Waals surface area contributed by atoms with Crippen LogP contribution in [-0.4, -0.2) is 19.5 Å². The second-order valence-corrected chi connectivity index (χ2v) is 21.7. The van der Waals surface area contributed by atoms with Gasteiger partial charge in [0.2, 0.25) is 0 Å². The molecule has 0 radical (unpaired) electrons. The first-order valence-corrected chi connectivity index (χ1v) is 27.8. The van der Waals surface area contributed by atoms with Crippen LogP contribution < -0.4 is 0 Å². The molecule has 3 atom stereocenters. The van der Waals surface area contributed by atoms with Crippen molar-refractivity contribution in [1.29, 1.82) is 0 Å². The number of hydrogen-bond acceptors (Lipinski definition) is 3. The van der Waals surface area contributed by atoms with Crippen LogP contribution in [0.2, 0.25) is 0 Å². The van der Waals surface area contributed by atoms with E-state index in [1.54, 1.807) is 0 Å². The number of nitrogens with zero attached hydrogens (tertiary/aromatic N) is 4. The number of benzene rings is 11. The summed E-state index contributed by atoms with van der Waals surface area (Å²) in [6, 6.07) is 99.0. The van der Waals surface area contributed by atoms with Crippen molar-refractivity contribution in [3.8, 4) is 61.8 Å². The summed E-state index contributed by atoms with van der Waals surface area (Å²) in [7, 11) is 0. The van der Waals surface area contributed by atoms with Crippen molar-refractivity contribution < 1.29 is 0 Å². The molecule has 0 N–H and O–H groups in total. The highest BCUT2D eigenvalue weighted by Crippen LogP contribution is 2.60. The average Bonchev–Trinajstić information content (AvgIpc) is 3.46. The van der Waals surface area contributed by atoms with Gasteiger partial charge < -0.3 is 4.57 Å². The molecule has 0 saturated carbocycles. The minimum atomic E-state index is -0.725. The summed E-state index contributed by atoms with van der Waals surface area (Å²) in [4.78, 5) is 16.1. The molecule has 4 heteroatoms. The third kappa shape index (κ3) is 7.11. The van der Waals surface area contributed by atoms with Crippen molar-refractivity contribution in [2.75, 3.05) is 0 Å². The van der Waals surface area contributed by atoms with E-state index in [4.69, 9.17) is 15.0 Å². The highest BCUT2D eigenvalue weighted by atomic mass is 15.0. The van der Waals surface area contributed by atoms with Crippen molar-refractivity contribution in [3.05, 3.63) is 323 Å². The van der Waals surface area contributed by atoms with Gasteiger partial charge in [0.25, 0.3) is 0 Å². The molecular weight excluding hydrogens is 957 g/mol. The molecular formula is C75H52N4. The predicted molar refractivity (Wildman–Crippen MR) is 322 cm³/mol. The van der Waals surface area contributed by atoms with E-state index < -0.39 is 5.41 Å². The smallest absolute Gasteiger partial charge is 0.163 e. The van der Waals surface area contributed by atoms with Crippen molar-refractivity contribution in [3.63, 3.8) is 0 Å². The van der Waals surface area contributed by atoms with Crippen molar-refractivity contribution >= 4 is 21.8 Å². The highest BCUT2D eigenvalue weighted by Gasteiger charge is 2.48. The Balaban J connectivity index is 0.983. The fourth-order valence-electron chi connectivity index (χ4n) is 14.0. The topological polar surface area (TPSA) is 43.6 Å². The lowest BCUT2D eigenvalue weighted by Gasteiger charge is -2.35. The van der Waals surface area contributed by atoms with Crippen LogP contribution in [0.25, 0.3) is 83.6 Å². The Bertz CT molecular complexity index is 4470. The van der Waals surface area contributed by atoms with Gasteiger partial charge in [-0.3, -0.25) is 0 Å². The molecule has 0 spiro atoms.